The molecule has 4 aromatic carbocycles. The second-order valence-corrected chi connectivity index (χ2v) is 10.8. The van der Waals surface area contributed by atoms with Crippen molar-refractivity contribution in [1.82, 2.24) is 0 Å². The highest BCUT2D eigenvalue weighted by molar-refractivity contribution is 9.10. The first-order valence-corrected chi connectivity index (χ1v) is 13.5. The van der Waals surface area contributed by atoms with E-state index >= 15 is 0 Å². The van der Waals surface area contributed by atoms with Gasteiger partial charge in [-0.1, -0.05) is 39.3 Å². The lowest BCUT2D eigenvalue weighted by Crippen LogP contribution is -2.32. The normalized spacial score (nSPS) is 13.2. The predicted molar refractivity (Wildman–Crippen MR) is 155 cm³/mol. The molecule has 39 heavy (non-hydrogen) atoms. The van der Waals surface area contributed by atoms with Crippen molar-refractivity contribution >= 4 is 74.1 Å². The molecule has 194 valence electrons. The van der Waals surface area contributed by atoms with Crippen molar-refractivity contribution in [2.45, 2.75) is 4.90 Å². The van der Waals surface area contributed by atoms with Gasteiger partial charge in [0.05, 0.1) is 5.69 Å². The standard InChI is InChI=1S/C29H18BrClFN3O3S/c30-18-3-9-21(10-4-18)33-25-26(29(38)35(28(25)37)23-13-7-20(32)8-14-23)39-24-15-11-22(12-16-24)34-27(36)17-1-5-19(31)6-2-17/h1-16,33H,(H,34,36). The third-order valence-electron chi connectivity index (χ3n) is 5.68. The van der Waals surface area contributed by atoms with Crippen molar-refractivity contribution in [3.8, 4) is 0 Å². The van der Waals surface area contributed by atoms with E-state index < -0.39 is 17.6 Å². The van der Waals surface area contributed by atoms with E-state index in [-0.39, 0.29) is 22.2 Å². The van der Waals surface area contributed by atoms with E-state index in [1.807, 2.05) is 12.1 Å². The number of carbonyl (C=O) groups is 3. The van der Waals surface area contributed by atoms with Crippen LogP contribution in [-0.2, 0) is 9.59 Å². The smallest absolute Gasteiger partial charge is 0.283 e. The van der Waals surface area contributed by atoms with Crippen molar-refractivity contribution < 1.29 is 18.8 Å². The molecule has 10 heteroatoms. The zero-order chi connectivity index (χ0) is 27.5. The van der Waals surface area contributed by atoms with E-state index in [0.717, 1.165) is 21.1 Å². The van der Waals surface area contributed by atoms with Gasteiger partial charge in [0.25, 0.3) is 17.7 Å². The number of amides is 3. The molecular weight excluding hydrogens is 605 g/mol. The van der Waals surface area contributed by atoms with E-state index in [0.29, 0.717) is 26.9 Å². The van der Waals surface area contributed by atoms with Crippen LogP contribution in [0.2, 0.25) is 5.02 Å². The van der Waals surface area contributed by atoms with E-state index in [1.165, 1.54) is 24.3 Å². The van der Waals surface area contributed by atoms with Crippen LogP contribution in [-0.4, -0.2) is 17.7 Å². The first kappa shape index (κ1) is 26.7. The fraction of sp³-hybridized carbons (Fsp3) is 0. The first-order chi connectivity index (χ1) is 18.8. The summed E-state index contributed by atoms with van der Waals surface area (Å²) >= 11 is 10.4. The van der Waals surface area contributed by atoms with Gasteiger partial charge in [-0.2, -0.15) is 0 Å². The van der Waals surface area contributed by atoms with Crippen LogP contribution < -0.4 is 15.5 Å². The minimum Gasteiger partial charge on any atom is -0.350 e. The molecule has 1 heterocycles. The Bertz CT molecular complexity index is 1590. The van der Waals surface area contributed by atoms with Crippen LogP contribution in [0.15, 0.2) is 117 Å². The van der Waals surface area contributed by atoms with E-state index in [2.05, 4.69) is 26.6 Å². The largest absolute Gasteiger partial charge is 0.350 e. The van der Waals surface area contributed by atoms with Gasteiger partial charge in [-0.25, -0.2) is 9.29 Å². The molecule has 0 radical (unpaired) electrons. The van der Waals surface area contributed by atoms with Gasteiger partial charge < -0.3 is 10.6 Å². The molecule has 0 saturated carbocycles. The minimum atomic E-state index is -0.552. The van der Waals surface area contributed by atoms with Crippen molar-refractivity contribution in [3.05, 3.63) is 129 Å². The fourth-order valence-corrected chi connectivity index (χ4v) is 5.06. The summed E-state index contributed by atoms with van der Waals surface area (Å²) in [5.74, 6) is -1.85. The maximum Gasteiger partial charge on any atom is 0.283 e. The van der Waals surface area contributed by atoms with Gasteiger partial charge in [-0.05, 0) is 97.1 Å². The van der Waals surface area contributed by atoms with Gasteiger partial charge in [0.1, 0.15) is 16.4 Å². The number of halogens is 3. The average molecular weight is 623 g/mol. The number of nitrogens with zero attached hydrogens (tertiary/aromatic N) is 1. The molecule has 0 unspecified atom stereocenters. The van der Waals surface area contributed by atoms with Crippen LogP contribution in [0.4, 0.5) is 21.5 Å². The molecule has 0 aliphatic carbocycles. The molecule has 0 aromatic heterocycles. The van der Waals surface area contributed by atoms with Crippen LogP contribution in [0, 0.1) is 5.82 Å². The minimum absolute atomic E-state index is 0.108. The van der Waals surface area contributed by atoms with Gasteiger partial charge in [0, 0.05) is 31.3 Å². The molecule has 4 aromatic rings. The van der Waals surface area contributed by atoms with Gasteiger partial charge in [0.2, 0.25) is 0 Å². The summed E-state index contributed by atoms with van der Waals surface area (Å²) in [7, 11) is 0. The lowest BCUT2D eigenvalue weighted by atomic mass is 10.2. The van der Waals surface area contributed by atoms with Crippen LogP contribution in [0.3, 0.4) is 0 Å². The molecular formula is C29H18BrClFN3O3S. The maximum atomic E-state index is 13.5. The van der Waals surface area contributed by atoms with Crippen LogP contribution >= 0.6 is 39.3 Å². The number of benzene rings is 4. The number of imide groups is 1. The Hall–Kier alpha value is -3.92. The summed E-state index contributed by atoms with van der Waals surface area (Å²) in [6, 6.07) is 25.8. The predicted octanol–water partition coefficient (Wildman–Crippen LogP) is 7.48. The Morgan fingerprint density at radius 1 is 0.795 bits per heavy atom. The Morgan fingerprint density at radius 3 is 2.05 bits per heavy atom. The Balaban J connectivity index is 1.40. The summed E-state index contributed by atoms with van der Waals surface area (Å²) in [5.41, 5.74) is 2.01. The number of thioether (sulfide) groups is 1. The van der Waals surface area contributed by atoms with Gasteiger partial charge in [-0.15, -0.1) is 0 Å². The summed E-state index contributed by atoms with van der Waals surface area (Å²) < 4.78 is 14.4. The molecule has 0 bridgehead atoms. The number of hydrogen-bond acceptors (Lipinski definition) is 5. The van der Waals surface area contributed by atoms with Crippen molar-refractivity contribution in [2.24, 2.45) is 0 Å². The lowest BCUT2D eigenvalue weighted by molar-refractivity contribution is -0.120. The Morgan fingerprint density at radius 2 is 1.41 bits per heavy atom. The number of hydrogen-bond donors (Lipinski definition) is 2. The van der Waals surface area contributed by atoms with Crippen molar-refractivity contribution in [1.29, 1.82) is 0 Å². The molecule has 0 atom stereocenters. The van der Waals surface area contributed by atoms with Crippen molar-refractivity contribution in [3.63, 3.8) is 0 Å². The lowest BCUT2D eigenvalue weighted by Gasteiger charge is -2.15. The second kappa shape index (κ2) is 11.4. The molecule has 1 aliphatic heterocycles. The highest BCUT2D eigenvalue weighted by Gasteiger charge is 2.40. The molecule has 5 rings (SSSR count). The number of nitrogens with one attached hydrogen (secondary N) is 2. The Labute approximate surface area is 241 Å². The number of carbonyl (C=O) groups excluding carboxylic acids is 3. The quantitative estimate of drug-likeness (QED) is 0.209. The zero-order valence-corrected chi connectivity index (χ0v) is 23.1. The molecule has 0 spiro atoms. The average Bonchev–Trinajstić information content (AvgIpc) is 3.15. The fourth-order valence-electron chi connectivity index (χ4n) is 3.75. The topological polar surface area (TPSA) is 78.5 Å². The van der Waals surface area contributed by atoms with E-state index in [1.54, 1.807) is 60.7 Å². The molecule has 6 nitrogen and oxygen atoms in total. The second-order valence-electron chi connectivity index (χ2n) is 8.35. The van der Waals surface area contributed by atoms with Gasteiger partial charge in [-0.3, -0.25) is 14.4 Å². The van der Waals surface area contributed by atoms with Crippen LogP contribution in [0.1, 0.15) is 10.4 Å². The maximum absolute atomic E-state index is 13.5. The first-order valence-electron chi connectivity index (χ1n) is 11.5. The highest BCUT2D eigenvalue weighted by atomic mass is 79.9. The summed E-state index contributed by atoms with van der Waals surface area (Å²) in [5, 5.41) is 6.43. The number of rotatable bonds is 7. The van der Waals surface area contributed by atoms with Gasteiger partial charge in [0.15, 0.2) is 0 Å². The monoisotopic (exact) mass is 621 g/mol. The molecule has 1 aliphatic rings. The Kier molecular flexibility index (Phi) is 7.83. The number of anilines is 3. The zero-order valence-electron chi connectivity index (χ0n) is 20.0. The summed E-state index contributed by atoms with van der Waals surface area (Å²) in [4.78, 5) is 41.3. The van der Waals surface area contributed by atoms with Crippen LogP contribution in [0.25, 0.3) is 0 Å². The summed E-state index contributed by atoms with van der Waals surface area (Å²) in [6.07, 6.45) is 0. The third-order valence-corrected chi connectivity index (χ3v) is 7.55. The molecule has 0 saturated heterocycles. The van der Waals surface area contributed by atoms with E-state index in [4.69, 9.17) is 11.6 Å². The summed E-state index contributed by atoms with van der Waals surface area (Å²) in [6.45, 7) is 0. The SMILES string of the molecule is O=C(Nc1ccc(SC2=C(Nc3ccc(Br)cc3)C(=O)N(c3ccc(F)cc3)C2=O)cc1)c1ccc(Cl)cc1. The van der Waals surface area contributed by atoms with Crippen molar-refractivity contribution in [2.75, 3.05) is 15.5 Å². The molecule has 3 amide bonds. The third kappa shape index (κ3) is 6.06. The molecule has 2 N–H and O–H groups in total. The van der Waals surface area contributed by atoms with Crippen LogP contribution in [0.5, 0.6) is 0 Å². The van der Waals surface area contributed by atoms with E-state index in [9.17, 15) is 18.8 Å². The van der Waals surface area contributed by atoms with Gasteiger partial charge >= 0.3 is 0 Å². The highest BCUT2D eigenvalue weighted by Crippen LogP contribution is 2.38. The molecule has 0 fully saturated rings.